The number of para-hydroxylation sites is 2. The Morgan fingerprint density at radius 2 is 0.971 bits per heavy atom. The number of hydrogen-bond donors (Lipinski definition) is 0. The summed E-state index contributed by atoms with van der Waals surface area (Å²) in [5, 5.41) is 1.45. The number of aryl methyl sites for hydroxylation is 1. The largest absolute Gasteiger partial charge is 0.462 e. The first-order valence-electron chi connectivity index (χ1n) is 22.4. The van der Waals surface area contributed by atoms with Crippen LogP contribution in [0.2, 0.25) is 0 Å². The number of rotatable bonds is 11. The van der Waals surface area contributed by atoms with Crippen LogP contribution in [0.3, 0.4) is 0 Å². The normalized spacial score (nSPS) is 13.8. The second-order valence-corrected chi connectivity index (χ2v) is 16.0. The summed E-state index contributed by atoms with van der Waals surface area (Å²) in [6.45, 7) is 6.86. The Bertz CT molecular complexity index is 3090. The third-order valence-corrected chi connectivity index (χ3v) is 12.0. The van der Waals surface area contributed by atoms with E-state index < -0.39 is 23.1 Å². The number of hydrogen-bond acceptors (Lipinski definition) is 13. The molecule has 3 aromatic carbocycles. The van der Waals surface area contributed by atoms with Crippen molar-refractivity contribution in [2.75, 3.05) is 75.4 Å². The number of furan rings is 2. The molecule has 0 N–H and O–H groups in total. The molecule has 2 fully saturated rings. The molecule has 2 amide bonds. The van der Waals surface area contributed by atoms with E-state index in [4.69, 9.17) is 18.3 Å². The maximum absolute atomic E-state index is 13.9. The van der Waals surface area contributed by atoms with Crippen molar-refractivity contribution in [2.45, 2.75) is 20.4 Å². The highest BCUT2D eigenvalue weighted by molar-refractivity contribution is 6.07. The van der Waals surface area contributed by atoms with Gasteiger partial charge in [0.25, 0.3) is 22.9 Å². The van der Waals surface area contributed by atoms with Crippen molar-refractivity contribution in [1.82, 2.24) is 18.9 Å². The summed E-state index contributed by atoms with van der Waals surface area (Å²) in [5.41, 5.74) is 1.71. The number of ketones is 1. The van der Waals surface area contributed by atoms with Gasteiger partial charge >= 0.3 is 11.9 Å². The first-order valence-corrected chi connectivity index (χ1v) is 22.4. The Labute approximate surface area is 390 Å². The maximum atomic E-state index is 13.9. The first kappa shape index (κ1) is 46.3. The van der Waals surface area contributed by atoms with E-state index in [2.05, 4.69) is 0 Å². The lowest BCUT2D eigenvalue weighted by atomic mass is 10.0. The van der Waals surface area contributed by atoms with Gasteiger partial charge in [0.1, 0.15) is 11.1 Å². The van der Waals surface area contributed by atoms with Crippen LogP contribution in [0.1, 0.15) is 66.0 Å². The number of fused-ring (bicyclic) bond motifs is 2. The monoisotopic (exact) mass is 922 g/mol. The molecule has 0 unspecified atom stereocenters. The predicted molar refractivity (Wildman–Crippen MR) is 254 cm³/mol. The Kier molecular flexibility index (Phi) is 14.0. The van der Waals surface area contributed by atoms with E-state index in [1.807, 2.05) is 52.3 Å². The molecule has 2 aliphatic rings. The summed E-state index contributed by atoms with van der Waals surface area (Å²) in [4.78, 5) is 98.5. The topological polar surface area (TPSA) is 187 Å². The quantitative estimate of drug-likeness (QED) is 0.111. The number of nitrogens with zero attached hydrogens (tertiary/aromatic N) is 6. The molecule has 0 aliphatic carbocycles. The Morgan fingerprint density at radius 1 is 0.529 bits per heavy atom. The number of pyridine rings is 2. The average Bonchev–Trinajstić information content (AvgIpc) is 4.13. The van der Waals surface area contributed by atoms with E-state index >= 15 is 0 Å². The van der Waals surface area contributed by atoms with Crippen molar-refractivity contribution in [2.24, 2.45) is 7.05 Å². The van der Waals surface area contributed by atoms with Crippen molar-refractivity contribution in [3.63, 3.8) is 0 Å². The number of esters is 2. The molecule has 68 heavy (non-hydrogen) atoms. The summed E-state index contributed by atoms with van der Waals surface area (Å²) in [6.07, 6.45) is 2.93. The van der Waals surface area contributed by atoms with Gasteiger partial charge in [-0.2, -0.15) is 0 Å². The van der Waals surface area contributed by atoms with E-state index in [-0.39, 0.29) is 54.2 Å². The van der Waals surface area contributed by atoms with Crippen LogP contribution in [0, 0.1) is 0 Å². The van der Waals surface area contributed by atoms with Crippen molar-refractivity contribution in [1.29, 1.82) is 0 Å². The Morgan fingerprint density at radius 3 is 1.44 bits per heavy atom. The van der Waals surface area contributed by atoms with Gasteiger partial charge in [-0.3, -0.25) is 28.5 Å². The van der Waals surface area contributed by atoms with Gasteiger partial charge in [-0.05, 0) is 50.2 Å². The SMILES string of the molecule is CCOC(=O)c1c(N2CCN(C(=O)c3ccco3)CC2)c2ccccc2n(C)c1=O.CCOC(=O)c1c(N2CCN(C(=O)c3ccco3)CC2)c2ccccc2n(CC(=O)c2ccccc2)c1=O. The number of piperazine rings is 2. The van der Waals surface area contributed by atoms with Crippen molar-refractivity contribution >= 4 is 62.7 Å². The molecule has 350 valence electrons. The lowest BCUT2D eigenvalue weighted by molar-refractivity contribution is 0.0514. The Balaban J connectivity index is 0.000000189. The summed E-state index contributed by atoms with van der Waals surface area (Å²) < 4.78 is 23.8. The van der Waals surface area contributed by atoms with Gasteiger partial charge in [0.2, 0.25) is 0 Å². The molecule has 17 nitrogen and oxygen atoms in total. The van der Waals surface area contributed by atoms with Gasteiger partial charge in [0, 0.05) is 75.7 Å². The lowest BCUT2D eigenvalue weighted by Crippen LogP contribution is -2.49. The maximum Gasteiger partial charge on any atom is 0.345 e. The van der Waals surface area contributed by atoms with E-state index in [9.17, 15) is 33.6 Å². The van der Waals surface area contributed by atoms with Crippen molar-refractivity contribution < 1.29 is 42.3 Å². The molecule has 7 aromatic rings. The fourth-order valence-electron chi connectivity index (χ4n) is 8.69. The number of benzene rings is 3. The van der Waals surface area contributed by atoms with Crippen LogP contribution in [0.15, 0.2) is 134 Å². The summed E-state index contributed by atoms with van der Waals surface area (Å²) >= 11 is 0. The van der Waals surface area contributed by atoms with Crippen molar-refractivity contribution in [3.05, 3.63) is 165 Å². The predicted octanol–water partition coefficient (Wildman–Crippen LogP) is 5.89. The number of anilines is 2. The van der Waals surface area contributed by atoms with Gasteiger partial charge in [0.05, 0.1) is 54.7 Å². The standard InChI is InChI=1S/C29H27N3O6.C22H23N3O5/c1-2-37-29(36)25-26(30-14-16-31(17-15-30)27(34)24-13-8-18-38-24)21-11-6-7-12-22(21)32(28(25)35)19-23(33)20-9-4-3-5-10-20;1-3-29-22(28)18-19(15-7-4-5-8-16(15)23(2)21(18)27)24-10-12-25(13-11-24)20(26)17-9-6-14-30-17/h3-13,18H,2,14-17,19H2,1H3;4-9,14H,3,10-13H2,1-2H3. The number of amides is 2. The van der Waals surface area contributed by atoms with E-state index in [0.717, 1.165) is 10.9 Å². The summed E-state index contributed by atoms with van der Waals surface area (Å²) in [7, 11) is 1.65. The fraction of sp³-hybridized carbons (Fsp3) is 0.275. The zero-order valence-electron chi connectivity index (χ0n) is 37.9. The molecule has 0 saturated carbocycles. The molecule has 0 bridgehead atoms. The number of carbonyl (C=O) groups excluding carboxylic acids is 5. The highest BCUT2D eigenvalue weighted by Crippen LogP contribution is 2.32. The minimum atomic E-state index is -0.742. The smallest absolute Gasteiger partial charge is 0.345 e. The highest BCUT2D eigenvalue weighted by Gasteiger charge is 2.33. The first-order chi connectivity index (χ1) is 33.0. The average molecular weight is 923 g/mol. The molecule has 9 rings (SSSR count). The number of ether oxygens (including phenoxy) is 2. The van der Waals surface area contributed by atoms with E-state index in [1.54, 1.807) is 91.4 Å². The van der Waals surface area contributed by atoms with Crippen LogP contribution in [0.5, 0.6) is 0 Å². The number of carbonyl (C=O) groups is 5. The van der Waals surface area contributed by atoms with Crippen molar-refractivity contribution in [3.8, 4) is 0 Å². The minimum Gasteiger partial charge on any atom is -0.462 e. The van der Waals surface area contributed by atoms with Crippen LogP contribution in [-0.2, 0) is 23.1 Å². The summed E-state index contributed by atoms with van der Waals surface area (Å²) in [5.74, 6) is -1.43. The molecule has 17 heteroatoms. The third-order valence-electron chi connectivity index (χ3n) is 12.0. The Hall–Kier alpha value is -8.21. The molecule has 2 saturated heterocycles. The molecule has 2 aliphatic heterocycles. The van der Waals surface area contributed by atoms with Crippen LogP contribution in [0.4, 0.5) is 11.4 Å². The number of aromatic nitrogens is 2. The number of Topliss-reactive ketones (excluding diaryl/α,β-unsaturated/α-hetero) is 1. The highest BCUT2D eigenvalue weighted by atomic mass is 16.5. The molecular weight excluding hydrogens is 873 g/mol. The minimum absolute atomic E-state index is 0.0314. The third kappa shape index (κ3) is 9.27. The zero-order chi connectivity index (χ0) is 47.9. The van der Waals surface area contributed by atoms with Gasteiger partial charge in [-0.15, -0.1) is 0 Å². The zero-order valence-corrected chi connectivity index (χ0v) is 37.9. The van der Waals surface area contributed by atoms with Crippen LogP contribution < -0.4 is 20.9 Å². The molecule has 0 radical (unpaired) electrons. The van der Waals surface area contributed by atoms with E-state index in [1.165, 1.54) is 21.7 Å². The van der Waals surface area contributed by atoms with Gasteiger partial charge < -0.3 is 42.5 Å². The molecule has 4 aromatic heterocycles. The van der Waals surface area contributed by atoms with Gasteiger partial charge in [-0.1, -0.05) is 66.7 Å². The molecule has 0 atom stereocenters. The lowest BCUT2D eigenvalue weighted by Gasteiger charge is -2.37. The van der Waals surface area contributed by atoms with Crippen LogP contribution in [0.25, 0.3) is 21.8 Å². The van der Waals surface area contributed by atoms with Crippen LogP contribution >= 0.6 is 0 Å². The van der Waals surface area contributed by atoms with Gasteiger partial charge in [0.15, 0.2) is 17.3 Å². The molecule has 0 spiro atoms. The second-order valence-electron chi connectivity index (χ2n) is 16.0. The van der Waals surface area contributed by atoms with E-state index in [0.29, 0.717) is 86.0 Å². The van der Waals surface area contributed by atoms with Gasteiger partial charge in [-0.25, -0.2) is 9.59 Å². The van der Waals surface area contributed by atoms with Crippen LogP contribution in [-0.4, -0.2) is 114 Å². The molecular formula is C51H50N6O11. The molecule has 6 heterocycles. The fourth-order valence-corrected chi connectivity index (χ4v) is 8.69. The second kappa shape index (κ2) is 20.5. The summed E-state index contributed by atoms with van der Waals surface area (Å²) in [6, 6.07) is 30.0.